The molecule has 7 heteroatoms. The van der Waals surface area contributed by atoms with E-state index in [0.717, 1.165) is 38.4 Å². The third-order valence-electron chi connectivity index (χ3n) is 5.42. The third kappa shape index (κ3) is 5.44. The van der Waals surface area contributed by atoms with E-state index in [1.165, 1.54) is 0 Å². The van der Waals surface area contributed by atoms with Gasteiger partial charge in [-0.15, -0.1) is 0 Å². The molecule has 0 atom stereocenters. The molecular formula is C18H31N3O3Si. The van der Waals surface area contributed by atoms with Crippen LogP contribution in [-0.4, -0.2) is 44.2 Å². The molecule has 1 saturated heterocycles. The van der Waals surface area contributed by atoms with E-state index in [1.54, 1.807) is 12.3 Å². The van der Waals surface area contributed by atoms with Crippen molar-refractivity contribution in [3.63, 3.8) is 0 Å². The van der Waals surface area contributed by atoms with Gasteiger partial charge in [0.2, 0.25) is 0 Å². The topological polar surface area (TPSA) is 74.7 Å². The van der Waals surface area contributed by atoms with Gasteiger partial charge in [-0.3, -0.25) is 5.32 Å². The minimum atomic E-state index is -1.67. The SMILES string of the molecule is CC(C)(C)[Si](C)(C)OCC1CCN(c2ccc(NC(=O)O)cn2)CC1. The molecule has 2 heterocycles. The summed E-state index contributed by atoms with van der Waals surface area (Å²) in [6.45, 7) is 14.2. The monoisotopic (exact) mass is 365 g/mol. The first-order valence-corrected chi connectivity index (χ1v) is 11.8. The van der Waals surface area contributed by atoms with E-state index in [-0.39, 0.29) is 5.04 Å². The van der Waals surface area contributed by atoms with Crippen molar-refractivity contribution in [1.82, 2.24) is 4.98 Å². The van der Waals surface area contributed by atoms with Gasteiger partial charge in [0.1, 0.15) is 5.82 Å². The summed E-state index contributed by atoms with van der Waals surface area (Å²) in [4.78, 5) is 17.3. The number of piperidine rings is 1. The Morgan fingerprint density at radius 3 is 2.48 bits per heavy atom. The second kappa shape index (κ2) is 7.74. The lowest BCUT2D eigenvalue weighted by molar-refractivity contribution is 0.205. The summed E-state index contributed by atoms with van der Waals surface area (Å²) in [5, 5.41) is 11.3. The number of hydrogen-bond donors (Lipinski definition) is 2. The van der Waals surface area contributed by atoms with Crippen LogP contribution in [0.4, 0.5) is 16.3 Å². The Morgan fingerprint density at radius 2 is 2.00 bits per heavy atom. The van der Waals surface area contributed by atoms with Gasteiger partial charge in [0.25, 0.3) is 0 Å². The predicted molar refractivity (Wildman–Crippen MR) is 104 cm³/mol. The van der Waals surface area contributed by atoms with Crippen molar-refractivity contribution in [2.45, 2.75) is 51.7 Å². The van der Waals surface area contributed by atoms with Gasteiger partial charge in [0.05, 0.1) is 11.9 Å². The van der Waals surface area contributed by atoms with E-state index < -0.39 is 14.4 Å². The lowest BCUT2D eigenvalue weighted by Gasteiger charge is -2.39. The lowest BCUT2D eigenvalue weighted by Crippen LogP contribution is -2.43. The summed E-state index contributed by atoms with van der Waals surface area (Å²) in [7, 11) is -1.67. The molecule has 25 heavy (non-hydrogen) atoms. The first-order chi connectivity index (χ1) is 11.6. The van der Waals surface area contributed by atoms with Crippen molar-refractivity contribution in [2.75, 3.05) is 29.9 Å². The van der Waals surface area contributed by atoms with Crippen molar-refractivity contribution in [3.8, 4) is 0 Å². The van der Waals surface area contributed by atoms with Crippen LogP contribution in [0.5, 0.6) is 0 Å². The smallest absolute Gasteiger partial charge is 0.409 e. The second-order valence-electron chi connectivity index (χ2n) is 8.34. The van der Waals surface area contributed by atoms with Crippen LogP contribution in [0.2, 0.25) is 18.1 Å². The molecule has 0 bridgehead atoms. The van der Waals surface area contributed by atoms with Gasteiger partial charge in [-0.25, -0.2) is 9.78 Å². The maximum absolute atomic E-state index is 10.6. The molecule has 0 aliphatic carbocycles. The van der Waals surface area contributed by atoms with Crippen molar-refractivity contribution in [3.05, 3.63) is 18.3 Å². The first-order valence-electron chi connectivity index (χ1n) is 8.93. The van der Waals surface area contributed by atoms with E-state index >= 15 is 0 Å². The zero-order valence-corrected chi connectivity index (χ0v) is 17.0. The Kier molecular flexibility index (Phi) is 6.10. The standard InChI is InChI=1S/C18H31N3O3Si/c1-18(2,3)25(4,5)24-13-14-8-10-21(11-9-14)16-7-6-15(12-19-16)20-17(22)23/h6-7,12,14,20H,8-11,13H2,1-5H3,(H,22,23). The fraction of sp³-hybridized carbons (Fsp3) is 0.667. The van der Waals surface area contributed by atoms with E-state index in [1.807, 2.05) is 6.07 Å². The van der Waals surface area contributed by atoms with Gasteiger partial charge in [-0.05, 0) is 49.0 Å². The van der Waals surface area contributed by atoms with E-state index in [4.69, 9.17) is 9.53 Å². The van der Waals surface area contributed by atoms with Crippen LogP contribution in [0, 0.1) is 5.92 Å². The number of hydrogen-bond acceptors (Lipinski definition) is 4. The zero-order chi connectivity index (χ0) is 18.7. The Morgan fingerprint density at radius 1 is 1.36 bits per heavy atom. The molecule has 0 aromatic carbocycles. The molecular weight excluding hydrogens is 334 g/mol. The fourth-order valence-electron chi connectivity index (χ4n) is 2.64. The number of anilines is 2. The number of carbonyl (C=O) groups is 1. The summed E-state index contributed by atoms with van der Waals surface area (Å²) in [5.41, 5.74) is 0.494. The predicted octanol–water partition coefficient (Wildman–Crippen LogP) is 4.41. The molecule has 1 amide bonds. The summed E-state index contributed by atoms with van der Waals surface area (Å²) >= 11 is 0. The summed E-state index contributed by atoms with van der Waals surface area (Å²) in [5.74, 6) is 1.51. The van der Waals surface area contributed by atoms with Gasteiger partial charge in [-0.2, -0.15) is 0 Å². The van der Waals surface area contributed by atoms with Crippen molar-refractivity contribution in [2.24, 2.45) is 5.92 Å². The number of nitrogens with zero attached hydrogens (tertiary/aromatic N) is 2. The average Bonchev–Trinajstić information content (AvgIpc) is 2.53. The molecule has 1 aromatic rings. The minimum absolute atomic E-state index is 0.253. The van der Waals surface area contributed by atoms with Crippen molar-refractivity contribution in [1.29, 1.82) is 0 Å². The van der Waals surface area contributed by atoms with Crippen LogP contribution in [0.15, 0.2) is 18.3 Å². The van der Waals surface area contributed by atoms with Gasteiger partial charge >= 0.3 is 6.09 Å². The highest BCUT2D eigenvalue weighted by atomic mass is 28.4. The van der Waals surface area contributed by atoms with E-state index in [0.29, 0.717) is 11.6 Å². The molecule has 2 rings (SSSR count). The molecule has 1 aliphatic heterocycles. The number of pyridine rings is 1. The van der Waals surface area contributed by atoms with E-state index in [9.17, 15) is 4.79 Å². The van der Waals surface area contributed by atoms with Gasteiger partial charge in [0.15, 0.2) is 8.32 Å². The molecule has 1 aromatic heterocycles. The van der Waals surface area contributed by atoms with Crippen LogP contribution >= 0.6 is 0 Å². The maximum Gasteiger partial charge on any atom is 0.409 e. The molecule has 1 aliphatic rings. The first kappa shape index (κ1) is 19.7. The number of carboxylic acid groups (broad SMARTS) is 1. The van der Waals surface area contributed by atoms with Gasteiger partial charge in [-0.1, -0.05) is 20.8 Å². The summed E-state index contributed by atoms with van der Waals surface area (Å²) in [6, 6.07) is 3.63. The van der Waals surface area contributed by atoms with Crippen LogP contribution in [-0.2, 0) is 4.43 Å². The van der Waals surface area contributed by atoms with E-state index in [2.05, 4.69) is 49.1 Å². The minimum Gasteiger partial charge on any atom is -0.465 e. The highest BCUT2D eigenvalue weighted by Crippen LogP contribution is 2.37. The summed E-state index contributed by atoms with van der Waals surface area (Å²) < 4.78 is 6.37. The summed E-state index contributed by atoms with van der Waals surface area (Å²) in [6.07, 6.45) is 2.70. The third-order valence-corrected chi connectivity index (χ3v) is 9.92. The fourth-order valence-corrected chi connectivity index (χ4v) is 3.73. The van der Waals surface area contributed by atoms with Crippen molar-refractivity contribution < 1.29 is 14.3 Å². The zero-order valence-electron chi connectivity index (χ0n) is 16.0. The van der Waals surface area contributed by atoms with Gasteiger partial charge < -0.3 is 14.4 Å². The highest BCUT2D eigenvalue weighted by molar-refractivity contribution is 6.74. The average molecular weight is 366 g/mol. The molecule has 2 N–H and O–H groups in total. The number of rotatable bonds is 5. The molecule has 0 unspecified atom stereocenters. The largest absolute Gasteiger partial charge is 0.465 e. The number of aromatic nitrogens is 1. The molecule has 0 radical (unpaired) electrons. The maximum atomic E-state index is 10.6. The molecule has 140 valence electrons. The number of amides is 1. The van der Waals surface area contributed by atoms with Crippen LogP contribution in [0.3, 0.4) is 0 Å². The van der Waals surface area contributed by atoms with Crippen LogP contribution in [0.25, 0.3) is 0 Å². The Labute approximate surface area is 151 Å². The lowest BCUT2D eigenvalue weighted by atomic mass is 9.98. The van der Waals surface area contributed by atoms with Crippen LogP contribution in [0.1, 0.15) is 33.6 Å². The van der Waals surface area contributed by atoms with Crippen LogP contribution < -0.4 is 10.2 Å². The Bertz CT molecular complexity index is 576. The van der Waals surface area contributed by atoms with Gasteiger partial charge in [0, 0.05) is 19.7 Å². The second-order valence-corrected chi connectivity index (χ2v) is 13.1. The Hall–Kier alpha value is -1.60. The highest BCUT2D eigenvalue weighted by Gasteiger charge is 2.37. The molecule has 1 fully saturated rings. The number of nitrogens with one attached hydrogen (secondary N) is 1. The molecule has 0 saturated carbocycles. The molecule has 6 nitrogen and oxygen atoms in total. The quantitative estimate of drug-likeness (QED) is 0.756. The normalized spacial score (nSPS) is 16.8. The molecule has 0 spiro atoms. The van der Waals surface area contributed by atoms with Crippen molar-refractivity contribution >= 4 is 25.9 Å². The Balaban J connectivity index is 1.82.